The highest BCUT2D eigenvalue weighted by Crippen LogP contribution is 2.40. The summed E-state index contributed by atoms with van der Waals surface area (Å²) in [6.45, 7) is 1.87. The van der Waals surface area contributed by atoms with Crippen LogP contribution in [0, 0.1) is 6.92 Å². The lowest BCUT2D eigenvalue weighted by Crippen LogP contribution is -2.12. The zero-order chi connectivity index (χ0) is 21.0. The Hall–Kier alpha value is -2.76. The molecular weight excluding hydrogens is 390 g/mol. The SMILES string of the molecule is Cc1c(Cc2cc(C(F)(F)F)cc(C(F)(F)F)c2)ccc2c1Cc1ccccc1-2. The van der Waals surface area contributed by atoms with Gasteiger partial charge in [-0.2, -0.15) is 26.3 Å². The molecule has 0 unspecified atom stereocenters. The number of rotatable bonds is 2. The summed E-state index contributed by atoms with van der Waals surface area (Å²) in [7, 11) is 0. The van der Waals surface area contributed by atoms with E-state index in [1.807, 2.05) is 37.3 Å². The quantitative estimate of drug-likeness (QED) is 0.309. The molecule has 3 aromatic carbocycles. The number of halogens is 6. The van der Waals surface area contributed by atoms with Gasteiger partial charge >= 0.3 is 12.4 Å². The van der Waals surface area contributed by atoms with Crippen molar-refractivity contribution in [3.63, 3.8) is 0 Å². The number of fused-ring (bicyclic) bond motifs is 3. The van der Waals surface area contributed by atoms with Crippen LogP contribution in [-0.2, 0) is 25.2 Å². The minimum atomic E-state index is -4.84. The van der Waals surface area contributed by atoms with Gasteiger partial charge in [-0.25, -0.2) is 0 Å². The Balaban J connectivity index is 1.75. The fourth-order valence-electron chi connectivity index (χ4n) is 3.95. The van der Waals surface area contributed by atoms with E-state index in [0.717, 1.165) is 39.9 Å². The van der Waals surface area contributed by atoms with Crippen molar-refractivity contribution >= 4 is 0 Å². The van der Waals surface area contributed by atoms with Crippen molar-refractivity contribution in [1.82, 2.24) is 0 Å². The monoisotopic (exact) mass is 406 g/mol. The summed E-state index contributed by atoms with van der Waals surface area (Å²) in [6, 6.07) is 13.4. The molecule has 0 atom stereocenters. The van der Waals surface area contributed by atoms with Gasteiger partial charge in [0.05, 0.1) is 11.1 Å². The first-order valence-corrected chi connectivity index (χ1v) is 9.02. The standard InChI is InChI=1S/C23H16F6/c1-13-15(6-7-20-19-5-3-2-4-16(19)11-21(13)20)8-14-9-17(22(24,25)26)12-18(10-14)23(27,28)29/h2-7,9-10,12H,8,11H2,1H3. The lowest BCUT2D eigenvalue weighted by atomic mass is 9.92. The molecule has 6 heteroatoms. The predicted octanol–water partition coefficient (Wildman–Crippen LogP) is 7.19. The van der Waals surface area contributed by atoms with Gasteiger partial charge in [0.25, 0.3) is 0 Å². The van der Waals surface area contributed by atoms with Crippen LogP contribution in [0.15, 0.2) is 54.6 Å². The lowest BCUT2D eigenvalue weighted by molar-refractivity contribution is -0.143. The van der Waals surface area contributed by atoms with Gasteiger partial charge in [-0.1, -0.05) is 36.4 Å². The van der Waals surface area contributed by atoms with Crippen LogP contribution in [0.3, 0.4) is 0 Å². The van der Waals surface area contributed by atoms with Gasteiger partial charge in [-0.05, 0) is 76.9 Å². The first kappa shape index (κ1) is 19.6. The largest absolute Gasteiger partial charge is 0.416 e. The van der Waals surface area contributed by atoms with Gasteiger partial charge in [-0.15, -0.1) is 0 Å². The van der Waals surface area contributed by atoms with Crippen LogP contribution in [0.5, 0.6) is 0 Å². The molecule has 1 aliphatic carbocycles. The van der Waals surface area contributed by atoms with Crippen LogP contribution in [0.2, 0.25) is 0 Å². The molecule has 0 aliphatic heterocycles. The molecule has 1 aliphatic rings. The Kier molecular flexibility index (Phi) is 4.48. The molecule has 0 spiro atoms. The van der Waals surface area contributed by atoms with Crippen molar-refractivity contribution in [2.45, 2.75) is 32.1 Å². The topological polar surface area (TPSA) is 0 Å². The summed E-state index contributed by atoms with van der Waals surface area (Å²) in [5, 5.41) is 0. The van der Waals surface area contributed by atoms with Crippen molar-refractivity contribution < 1.29 is 26.3 Å². The molecule has 0 radical (unpaired) electrons. The van der Waals surface area contributed by atoms with Gasteiger partial charge in [0.15, 0.2) is 0 Å². The summed E-state index contributed by atoms with van der Waals surface area (Å²) < 4.78 is 78.7. The Labute approximate surface area is 163 Å². The predicted molar refractivity (Wildman–Crippen MR) is 98.7 cm³/mol. The van der Waals surface area contributed by atoms with Gasteiger partial charge in [0.2, 0.25) is 0 Å². The van der Waals surface area contributed by atoms with Crippen LogP contribution in [-0.4, -0.2) is 0 Å². The number of hydrogen-bond donors (Lipinski definition) is 0. The average molecular weight is 406 g/mol. The van der Waals surface area contributed by atoms with Crippen molar-refractivity contribution in [2.24, 2.45) is 0 Å². The first-order valence-electron chi connectivity index (χ1n) is 9.02. The zero-order valence-corrected chi connectivity index (χ0v) is 15.4. The molecule has 0 saturated carbocycles. The normalized spacial score (nSPS) is 13.3. The molecular formula is C23H16F6. The number of alkyl halides is 6. The minimum Gasteiger partial charge on any atom is -0.166 e. The number of benzene rings is 3. The fourth-order valence-corrected chi connectivity index (χ4v) is 3.95. The molecule has 3 aromatic rings. The van der Waals surface area contributed by atoms with Gasteiger partial charge in [0, 0.05) is 0 Å². The Morgan fingerprint density at radius 3 is 2.00 bits per heavy atom. The van der Waals surface area contributed by atoms with E-state index in [1.165, 1.54) is 5.56 Å². The van der Waals surface area contributed by atoms with Crippen molar-refractivity contribution in [3.8, 4) is 11.1 Å². The lowest BCUT2D eigenvalue weighted by Gasteiger charge is -2.16. The van der Waals surface area contributed by atoms with Crippen LogP contribution < -0.4 is 0 Å². The fraction of sp³-hybridized carbons (Fsp3) is 0.217. The summed E-state index contributed by atoms with van der Waals surface area (Å²) in [6.07, 6.45) is -8.97. The Bertz CT molecular complexity index is 1060. The van der Waals surface area contributed by atoms with Crippen molar-refractivity contribution in [2.75, 3.05) is 0 Å². The Morgan fingerprint density at radius 1 is 0.759 bits per heavy atom. The third-order valence-corrected chi connectivity index (χ3v) is 5.43. The van der Waals surface area contributed by atoms with Gasteiger partial charge in [0.1, 0.15) is 0 Å². The highest BCUT2D eigenvalue weighted by atomic mass is 19.4. The summed E-state index contributed by atoms with van der Waals surface area (Å²) in [5.74, 6) is 0. The molecule has 0 bridgehead atoms. The van der Waals surface area contributed by atoms with Gasteiger partial charge in [-0.3, -0.25) is 0 Å². The van der Waals surface area contributed by atoms with Gasteiger partial charge < -0.3 is 0 Å². The molecule has 29 heavy (non-hydrogen) atoms. The minimum absolute atomic E-state index is 0.00244. The molecule has 0 heterocycles. The summed E-state index contributed by atoms with van der Waals surface area (Å²) in [4.78, 5) is 0. The highest BCUT2D eigenvalue weighted by molar-refractivity contribution is 5.78. The van der Waals surface area contributed by atoms with Crippen molar-refractivity contribution in [1.29, 1.82) is 0 Å². The maximum atomic E-state index is 13.1. The van der Waals surface area contributed by atoms with E-state index >= 15 is 0 Å². The molecule has 4 rings (SSSR count). The van der Waals surface area contributed by atoms with Crippen LogP contribution in [0.1, 0.15) is 38.9 Å². The van der Waals surface area contributed by atoms with E-state index in [4.69, 9.17) is 0 Å². The second kappa shape index (κ2) is 6.65. The first-order chi connectivity index (χ1) is 13.5. The maximum absolute atomic E-state index is 13.1. The second-order valence-corrected chi connectivity index (χ2v) is 7.30. The summed E-state index contributed by atoms with van der Waals surface area (Å²) in [5.41, 5.74) is 3.49. The van der Waals surface area contributed by atoms with Crippen LogP contribution in [0.25, 0.3) is 11.1 Å². The van der Waals surface area contributed by atoms with Crippen LogP contribution in [0.4, 0.5) is 26.3 Å². The molecule has 0 fully saturated rings. The smallest absolute Gasteiger partial charge is 0.166 e. The zero-order valence-electron chi connectivity index (χ0n) is 15.4. The van der Waals surface area contributed by atoms with E-state index in [0.29, 0.717) is 6.42 Å². The van der Waals surface area contributed by atoms with E-state index in [1.54, 1.807) is 6.07 Å². The number of hydrogen-bond acceptors (Lipinski definition) is 0. The van der Waals surface area contributed by atoms with Crippen LogP contribution >= 0.6 is 0 Å². The van der Waals surface area contributed by atoms with E-state index in [9.17, 15) is 26.3 Å². The summed E-state index contributed by atoms with van der Waals surface area (Å²) >= 11 is 0. The molecule has 0 amide bonds. The molecule has 0 N–H and O–H groups in total. The molecule has 0 aromatic heterocycles. The third kappa shape index (κ3) is 3.63. The Morgan fingerprint density at radius 2 is 1.38 bits per heavy atom. The van der Waals surface area contributed by atoms with E-state index in [-0.39, 0.29) is 18.1 Å². The molecule has 0 saturated heterocycles. The molecule has 150 valence electrons. The maximum Gasteiger partial charge on any atom is 0.416 e. The average Bonchev–Trinajstić information content (AvgIpc) is 3.02. The second-order valence-electron chi connectivity index (χ2n) is 7.30. The van der Waals surface area contributed by atoms with E-state index < -0.39 is 23.5 Å². The van der Waals surface area contributed by atoms with Crippen molar-refractivity contribution in [3.05, 3.63) is 93.5 Å². The van der Waals surface area contributed by atoms with E-state index in [2.05, 4.69) is 0 Å². The third-order valence-electron chi connectivity index (χ3n) is 5.43. The molecule has 0 nitrogen and oxygen atoms in total. The highest BCUT2D eigenvalue weighted by Gasteiger charge is 2.37.